The summed E-state index contributed by atoms with van der Waals surface area (Å²) in [5, 5.41) is -0.146. The second kappa shape index (κ2) is 4.32. The monoisotopic (exact) mass is 240 g/mol. The van der Waals surface area contributed by atoms with E-state index in [1.807, 2.05) is 0 Å². The van der Waals surface area contributed by atoms with Crippen LogP contribution in [0.25, 0.3) is 0 Å². The third-order valence-corrected chi connectivity index (χ3v) is 2.13. The van der Waals surface area contributed by atoms with Gasteiger partial charge in [-0.3, -0.25) is 4.79 Å². The molecule has 82 valence electrons. The van der Waals surface area contributed by atoms with Gasteiger partial charge in [-0.2, -0.15) is 0 Å². The molecule has 1 aromatic heterocycles. The van der Waals surface area contributed by atoms with Crippen molar-refractivity contribution < 1.29 is 9.13 Å². The van der Waals surface area contributed by atoms with Crippen LogP contribution in [0.1, 0.15) is 0 Å². The first-order chi connectivity index (χ1) is 7.66. The third kappa shape index (κ3) is 2.20. The quantitative estimate of drug-likeness (QED) is 0.877. The number of aromatic nitrogens is 2. The van der Waals surface area contributed by atoms with Gasteiger partial charge >= 0.3 is 0 Å². The van der Waals surface area contributed by atoms with E-state index in [0.29, 0.717) is 5.75 Å². The zero-order valence-corrected chi connectivity index (χ0v) is 8.66. The summed E-state index contributed by atoms with van der Waals surface area (Å²) in [6.45, 7) is 0. The van der Waals surface area contributed by atoms with Crippen molar-refractivity contribution in [1.29, 1.82) is 0 Å². The first kappa shape index (κ1) is 10.6. The highest BCUT2D eigenvalue weighted by Crippen LogP contribution is 2.23. The number of aromatic amines is 1. The van der Waals surface area contributed by atoms with Gasteiger partial charge in [-0.1, -0.05) is 11.6 Å². The molecule has 0 fully saturated rings. The minimum absolute atomic E-state index is 0.0166. The van der Waals surface area contributed by atoms with E-state index in [-0.39, 0.29) is 16.7 Å². The second-order valence-electron chi connectivity index (χ2n) is 2.91. The largest absolute Gasteiger partial charge is 0.437 e. The number of nitrogens with one attached hydrogen (secondary N) is 1. The van der Waals surface area contributed by atoms with E-state index in [4.69, 9.17) is 16.3 Å². The fraction of sp³-hybridized carbons (Fsp3) is 0. The van der Waals surface area contributed by atoms with Gasteiger partial charge in [-0.15, -0.1) is 0 Å². The smallest absolute Gasteiger partial charge is 0.273 e. The van der Waals surface area contributed by atoms with Gasteiger partial charge in [0.2, 0.25) is 5.88 Å². The number of benzene rings is 1. The molecule has 1 heterocycles. The number of rotatable bonds is 2. The van der Waals surface area contributed by atoms with Gasteiger partial charge in [0.25, 0.3) is 5.56 Å². The Labute approximate surface area is 94.7 Å². The van der Waals surface area contributed by atoms with Gasteiger partial charge < -0.3 is 9.72 Å². The maximum absolute atomic E-state index is 12.6. The number of nitrogens with zero attached hydrogens (tertiary/aromatic N) is 1. The Kier molecular flexibility index (Phi) is 2.87. The fourth-order valence-corrected chi connectivity index (χ4v) is 1.19. The van der Waals surface area contributed by atoms with E-state index in [1.54, 1.807) is 0 Å². The first-order valence-electron chi connectivity index (χ1n) is 4.33. The van der Waals surface area contributed by atoms with E-state index in [0.717, 1.165) is 0 Å². The van der Waals surface area contributed by atoms with Crippen molar-refractivity contribution in [2.45, 2.75) is 0 Å². The molecule has 1 N–H and O–H groups in total. The Morgan fingerprint density at radius 2 is 2.00 bits per heavy atom. The Balaban J connectivity index is 2.30. The summed E-state index contributed by atoms with van der Waals surface area (Å²) in [6, 6.07) is 5.29. The highest BCUT2D eigenvalue weighted by Gasteiger charge is 2.07. The number of ether oxygens (including phenoxy) is 1. The number of halogens is 2. The lowest BCUT2D eigenvalue weighted by molar-refractivity contribution is 0.459. The summed E-state index contributed by atoms with van der Waals surface area (Å²) in [6.07, 6.45) is 1.17. The van der Waals surface area contributed by atoms with Crippen molar-refractivity contribution >= 4 is 11.6 Å². The van der Waals surface area contributed by atoms with Gasteiger partial charge in [0, 0.05) is 0 Å². The van der Waals surface area contributed by atoms with Crippen LogP contribution < -0.4 is 10.3 Å². The predicted octanol–water partition coefficient (Wildman–Crippen LogP) is 2.35. The standard InChI is InChI=1S/C10H6ClFN2O2/c11-8-9(15)13-5-14-10(8)16-7-3-1-6(12)2-4-7/h1-5H,(H,13,14,15). The lowest BCUT2D eigenvalue weighted by atomic mass is 10.3. The molecule has 0 spiro atoms. The molecular formula is C10H6ClFN2O2. The second-order valence-corrected chi connectivity index (χ2v) is 3.28. The highest BCUT2D eigenvalue weighted by molar-refractivity contribution is 6.31. The van der Waals surface area contributed by atoms with E-state index >= 15 is 0 Å². The van der Waals surface area contributed by atoms with E-state index < -0.39 is 5.56 Å². The van der Waals surface area contributed by atoms with Crippen LogP contribution >= 0.6 is 11.6 Å². The van der Waals surface area contributed by atoms with Gasteiger partial charge in [-0.25, -0.2) is 9.37 Å². The van der Waals surface area contributed by atoms with Gasteiger partial charge in [0.05, 0.1) is 6.33 Å². The molecule has 0 saturated heterocycles. The summed E-state index contributed by atoms with van der Waals surface area (Å²) in [4.78, 5) is 17.2. The average Bonchev–Trinajstić information content (AvgIpc) is 2.28. The third-order valence-electron chi connectivity index (χ3n) is 1.79. The van der Waals surface area contributed by atoms with Crippen LogP contribution in [0.5, 0.6) is 11.6 Å². The van der Waals surface area contributed by atoms with Gasteiger partial charge in [0.15, 0.2) is 5.02 Å². The molecule has 2 aromatic rings. The Bertz CT molecular complexity index is 553. The fourth-order valence-electron chi connectivity index (χ4n) is 1.05. The molecule has 1 aromatic carbocycles. The molecule has 0 radical (unpaired) electrons. The van der Waals surface area contributed by atoms with Crippen LogP contribution in [-0.2, 0) is 0 Å². The molecule has 4 nitrogen and oxygen atoms in total. The number of hydrogen-bond acceptors (Lipinski definition) is 3. The molecule has 0 aliphatic rings. The topological polar surface area (TPSA) is 55.0 Å². The molecule has 0 saturated carbocycles. The molecular weight excluding hydrogens is 235 g/mol. The van der Waals surface area contributed by atoms with Crippen molar-refractivity contribution in [2.24, 2.45) is 0 Å². The van der Waals surface area contributed by atoms with Crippen molar-refractivity contribution in [3.05, 3.63) is 51.8 Å². The van der Waals surface area contributed by atoms with E-state index in [1.165, 1.54) is 30.6 Å². The minimum atomic E-state index is -0.492. The highest BCUT2D eigenvalue weighted by atomic mass is 35.5. The predicted molar refractivity (Wildman–Crippen MR) is 56.3 cm³/mol. The molecule has 0 amide bonds. The molecule has 0 bridgehead atoms. The number of hydrogen-bond donors (Lipinski definition) is 1. The molecule has 0 unspecified atom stereocenters. The Morgan fingerprint density at radius 3 is 2.69 bits per heavy atom. The van der Waals surface area contributed by atoms with E-state index in [2.05, 4.69) is 9.97 Å². The average molecular weight is 241 g/mol. The zero-order valence-electron chi connectivity index (χ0n) is 7.91. The van der Waals surface area contributed by atoms with Crippen LogP contribution in [-0.4, -0.2) is 9.97 Å². The van der Waals surface area contributed by atoms with Crippen LogP contribution in [0.4, 0.5) is 4.39 Å². The SMILES string of the molecule is O=c1[nH]cnc(Oc2ccc(F)cc2)c1Cl. The summed E-state index contributed by atoms with van der Waals surface area (Å²) in [5.41, 5.74) is -0.492. The molecule has 6 heteroatoms. The lowest BCUT2D eigenvalue weighted by Crippen LogP contribution is -2.07. The molecule has 16 heavy (non-hydrogen) atoms. The van der Waals surface area contributed by atoms with Crippen molar-refractivity contribution in [3.8, 4) is 11.6 Å². The van der Waals surface area contributed by atoms with Crippen LogP contribution in [0.2, 0.25) is 5.02 Å². The van der Waals surface area contributed by atoms with Gasteiger partial charge in [-0.05, 0) is 24.3 Å². The van der Waals surface area contributed by atoms with Crippen LogP contribution in [0, 0.1) is 5.82 Å². The molecule has 0 atom stereocenters. The first-order valence-corrected chi connectivity index (χ1v) is 4.71. The lowest BCUT2D eigenvalue weighted by Gasteiger charge is -2.04. The summed E-state index contributed by atoms with van der Waals surface area (Å²) in [7, 11) is 0. The Hall–Kier alpha value is -1.88. The zero-order chi connectivity index (χ0) is 11.5. The normalized spacial score (nSPS) is 10.1. The van der Waals surface area contributed by atoms with Crippen molar-refractivity contribution in [2.75, 3.05) is 0 Å². The summed E-state index contributed by atoms with van der Waals surface area (Å²) >= 11 is 5.67. The molecule has 0 aliphatic heterocycles. The van der Waals surface area contributed by atoms with Gasteiger partial charge in [0.1, 0.15) is 11.6 Å². The minimum Gasteiger partial charge on any atom is -0.437 e. The molecule has 0 aliphatic carbocycles. The summed E-state index contributed by atoms with van der Waals surface area (Å²) in [5.74, 6) is -0.0456. The number of H-pyrrole nitrogens is 1. The molecule has 2 rings (SSSR count). The maximum Gasteiger partial charge on any atom is 0.273 e. The van der Waals surface area contributed by atoms with Crippen LogP contribution in [0.15, 0.2) is 35.4 Å². The van der Waals surface area contributed by atoms with Crippen LogP contribution in [0.3, 0.4) is 0 Å². The maximum atomic E-state index is 12.6. The van der Waals surface area contributed by atoms with Crippen molar-refractivity contribution in [3.63, 3.8) is 0 Å². The van der Waals surface area contributed by atoms with E-state index in [9.17, 15) is 9.18 Å². The van der Waals surface area contributed by atoms with Crippen molar-refractivity contribution in [1.82, 2.24) is 9.97 Å². The Morgan fingerprint density at radius 1 is 1.31 bits per heavy atom. The summed E-state index contributed by atoms with van der Waals surface area (Å²) < 4.78 is 17.8.